The largest absolute Gasteiger partial charge is 0.490 e. The molecule has 0 aliphatic carbocycles. The van der Waals surface area contributed by atoms with Gasteiger partial charge in [-0.05, 0) is 47.8 Å². The van der Waals surface area contributed by atoms with Gasteiger partial charge in [0.1, 0.15) is 6.29 Å². The van der Waals surface area contributed by atoms with E-state index in [1.807, 2.05) is 6.92 Å². The third-order valence-electron chi connectivity index (χ3n) is 3.18. The molecular formula is C15H19BrO4. The first-order valence-corrected chi connectivity index (χ1v) is 7.69. The van der Waals surface area contributed by atoms with Crippen molar-refractivity contribution in [3.8, 4) is 11.5 Å². The maximum atomic E-state index is 10.9. The molecule has 1 aliphatic heterocycles. The summed E-state index contributed by atoms with van der Waals surface area (Å²) in [5.74, 6) is 1.24. The van der Waals surface area contributed by atoms with Gasteiger partial charge in [0, 0.05) is 18.6 Å². The lowest BCUT2D eigenvalue weighted by molar-refractivity contribution is 0.0896. The molecule has 1 saturated heterocycles. The van der Waals surface area contributed by atoms with Crippen LogP contribution in [0.3, 0.4) is 0 Å². The Morgan fingerprint density at radius 1 is 1.45 bits per heavy atom. The predicted octanol–water partition coefficient (Wildman–Crippen LogP) is 3.61. The Labute approximate surface area is 127 Å². The van der Waals surface area contributed by atoms with Crippen LogP contribution in [0.5, 0.6) is 11.5 Å². The molecule has 1 atom stereocenters. The van der Waals surface area contributed by atoms with Crippen LogP contribution in [0.2, 0.25) is 0 Å². The number of aldehydes is 1. The minimum atomic E-state index is 0.304. The van der Waals surface area contributed by atoms with Gasteiger partial charge >= 0.3 is 0 Å². The van der Waals surface area contributed by atoms with E-state index in [4.69, 9.17) is 14.2 Å². The summed E-state index contributed by atoms with van der Waals surface area (Å²) in [6.45, 7) is 3.85. The third kappa shape index (κ3) is 3.96. The highest BCUT2D eigenvalue weighted by Crippen LogP contribution is 2.36. The number of hydrogen-bond donors (Lipinski definition) is 0. The number of ether oxygens (including phenoxy) is 3. The van der Waals surface area contributed by atoms with Gasteiger partial charge in [0.15, 0.2) is 11.5 Å². The van der Waals surface area contributed by atoms with Gasteiger partial charge in [-0.3, -0.25) is 4.79 Å². The maximum Gasteiger partial charge on any atom is 0.175 e. The number of rotatable bonds is 7. The van der Waals surface area contributed by atoms with Gasteiger partial charge < -0.3 is 14.2 Å². The smallest absolute Gasteiger partial charge is 0.175 e. The summed E-state index contributed by atoms with van der Waals surface area (Å²) in [4.78, 5) is 10.9. The Morgan fingerprint density at radius 3 is 2.95 bits per heavy atom. The highest BCUT2D eigenvalue weighted by molar-refractivity contribution is 9.10. The number of carbonyl (C=O) groups is 1. The van der Waals surface area contributed by atoms with Crippen molar-refractivity contribution in [2.75, 3.05) is 19.8 Å². The van der Waals surface area contributed by atoms with Gasteiger partial charge in [0.05, 0.1) is 23.8 Å². The number of halogens is 1. The number of carbonyl (C=O) groups excluding carboxylic acids is 1. The van der Waals surface area contributed by atoms with Gasteiger partial charge in [-0.15, -0.1) is 0 Å². The van der Waals surface area contributed by atoms with Crippen molar-refractivity contribution in [3.05, 3.63) is 22.2 Å². The van der Waals surface area contributed by atoms with Gasteiger partial charge in [0.2, 0.25) is 0 Å². The van der Waals surface area contributed by atoms with E-state index >= 15 is 0 Å². The Bertz CT molecular complexity index is 455. The van der Waals surface area contributed by atoms with Crippen LogP contribution in [0.1, 0.15) is 36.5 Å². The monoisotopic (exact) mass is 342 g/mol. The molecule has 1 heterocycles. The molecular weight excluding hydrogens is 324 g/mol. The van der Waals surface area contributed by atoms with Crippen molar-refractivity contribution in [1.29, 1.82) is 0 Å². The van der Waals surface area contributed by atoms with Crippen LogP contribution >= 0.6 is 15.9 Å². The van der Waals surface area contributed by atoms with Gasteiger partial charge in [0.25, 0.3) is 0 Å². The average Bonchev–Trinajstić information content (AvgIpc) is 2.95. The van der Waals surface area contributed by atoms with Crippen LogP contribution in [-0.2, 0) is 4.74 Å². The van der Waals surface area contributed by atoms with E-state index in [0.29, 0.717) is 36.4 Å². The molecule has 1 aromatic rings. The highest BCUT2D eigenvalue weighted by atomic mass is 79.9. The summed E-state index contributed by atoms with van der Waals surface area (Å²) in [6, 6.07) is 3.43. The SMILES string of the molecule is CCOc1cc(C=O)cc(Br)c1OCCC1CCCO1. The van der Waals surface area contributed by atoms with Crippen LogP contribution in [0.25, 0.3) is 0 Å². The topological polar surface area (TPSA) is 44.8 Å². The van der Waals surface area contributed by atoms with Crippen LogP contribution in [-0.4, -0.2) is 32.2 Å². The van der Waals surface area contributed by atoms with E-state index in [1.165, 1.54) is 0 Å². The molecule has 20 heavy (non-hydrogen) atoms. The van der Waals surface area contributed by atoms with Crippen LogP contribution in [0.4, 0.5) is 0 Å². The molecule has 1 aliphatic rings. The molecule has 1 unspecified atom stereocenters. The van der Waals surface area contributed by atoms with Crippen molar-refractivity contribution in [2.24, 2.45) is 0 Å². The fourth-order valence-corrected chi connectivity index (χ4v) is 2.80. The maximum absolute atomic E-state index is 10.9. The minimum Gasteiger partial charge on any atom is -0.490 e. The quantitative estimate of drug-likeness (QED) is 0.710. The normalized spacial score (nSPS) is 18.0. The van der Waals surface area contributed by atoms with Crippen LogP contribution < -0.4 is 9.47 Å². The van der Waals surface area contributed by atoms with Crippen molar-refractivity contribution in [3.63, 3.8) is 0 Å². The summed E-state index contributed by atoms with van der Waals surface area (Å²) in [5.41, 5.74) is 0.562. The molecule has 0 N–H and O–H groups in total. The van der Waals surface area contributed by atoms with E-state index in [-0.39, 0.29) is 0 Å². The second-order valence-electron chi connectivity index (χ2n) is 4.65. The first-order valence-electron chi connectivity index (χ1n) is 6.90. The second-order valence-corrected chi connectivity index (χ2v) is 5.51. The lowest BCUT2D eigenvalue weighted by atomic mass is 10.2. The molecule has 1 aromatic carbocycles. The fraction of sp³-hybridized carbons (Fsp3) is 0.533. The van der Waals surface area contributed by atoms with E-state index in [9.17, 15) is 4.79 Å². The second kappa shape index (κ2) is 7.64. The van der Waals surface area contributed by atoms with Crippen molar-refractivity contribution >= 4 is 22.2 Å². The zero-order chi connectivity index (χ0) is 14.4. The van der Waals surface area contributed by atoms with Gasteiger partial charge in [-0.2, -0.15) is 0 Å². The van der Waals surface area contributed by atoms with E-state index in [2.05, 4.69) is 15.9 Å². The Kier molecular flexibility index (Phi) is 5.86. The zero-order valence-corrected chi connectivity index (χ0v) is 13.1. The van der Waals surface area contributed by atoms with Crippen molar-refractivity contribution < 1.29 is 19.0 Å². The van der Waals surface area contributed by atoms with Gasteiger partial charge in [-0.25, -0.2) is 0 Å². The first-order chi connectivity index (χ1) is 9.74. The Hall–Kier alpha value is -1.07. The number of hydrogen-bond acceptors (Lipinski definition) is 4. The lowest BCUT2D eigenvalue weighted by Gasteiger charge is -2.15. The molecule has 0 amide bonds. The van der Waals surface area contributed by atoms with E-state index < -0.39 is 0 Å². The van der Waals surface area contributed by atoms with Crippen LogP contribution in [0.15, 0.2) is 16.6 Å². The summed E-state index contributed by atoms with van der Waals surface area (Å²) in [6.07, 6.45) is 4.20. The zero-order valence-electron chi connectivity index (χ0n) is 11.6. The molecule has 0 radical (unpaired) electrons. The molecule has 5 heteroatoms. The fourth-order valence-electron chi connectivity index (χ4n) is 2.22. The molecule has 0 spiro atoms. The lowest BCUT2D eigenvalue weighted by Crippen LogP contribution is -2.11. The predicted molar refractivity (Wildman–Crippen MR) is 79.8 cm³/mol. The number of benzene rings is 1. The standard InChI is InChI=1S/C15H19BrO4/c1-2-18-14-9-11(10-17)8-13(16)15(14)20-7-5-12-4-3-6-19-12/h8-10,12H,2-7H2,1H3. The molecule has 0 saturated carbocycles. The van der Waals surface area contributed by atoms with Crippen LogP contribution in [0, 0.1) is 0 Å². The third-order valence-corrected chi connectivity index (χ3v) is 3.77. The van der Waals surface area contributed by atoms with Crippen molar-refractivity contribution in [1.82, 2.24) is 0 Å². The Morgan fingerprint density at radius 2 is 2.30 bits per heavy atom. The first kappa shape index (κ1) is 15.3. The molecule has 1 fully saturated rings. The molecule has 110 valence electrons. The Balaban J connectivity index is 2.02. The molecule has 4 nitrogen and oxygen atoms in total. The summed E-state index contributed by atoms with van der Waals surface area (Å²) >= 11 is 3.43. The summed E-state index contributed by atoms with van der Waals surface area (Å²) in [5, 5.41) is 0. The highest BCUT2D eigenvalue weighted by Gasteiger charge is 2.17. The van der Waals surface area contributed by atoms with E-state index in [0.717, 1.165) is 36.6 Å². The minimum absolute atomic E-state index is 0.304. The molecule has 0 aromatic heterocycles. The van der Waals surface area contributed by atoms with Crippen molar-refractivity contribution in [2.45, 2.75) is 32.3 Å². The summed E-state index contributed by atoms with van der Waals surface area (Å²) in [7, 11) is 0. The molecule has 0 bridgehead atoms. The van der Waals surface area contributed by atoms with Gasteiger partial charge in [-0.1, -0.05) is 0 Å². The van der Waals surface area contributed by atoms with E-state index in [1.54, 1.807) is 12.1 Å². The molecule has 2 rings (SSSR count). The summed E-state index contributed by atoms with van der Waals surface area (Å²) < 4.78 is 17.7. The average molecular weight is 343 g/mol.